The zero-order chi connectivity index (χ0) is 15.8. The molecule has 10 heteroatoms. The van der Waals surface area contributed by atoms with Gasteiger partial charge in [-0.3, -0.25) is 9.35 Å². The zero-order valence-electron chi connectivity index (χ0n) is 10.5. The Morgan fingerprint density at radius 1 is 1.33 bits per heavy atom. The molecule has 0 spiro atoms. The molecular weight excluding hydrogens is 313 g/mol. The standard InChI is InChI=1S/C11H11F3N2O4S/c12-11(13,14)10(17)16-6-5-8(15-21(18,19)20)7-3-1-2-4-9(7)16/h1-4,8,15H,5-6H2,(H,18,19,20). The zero-order valence-corrected chi connectivity index (χ0v) is 11.3. The fourth-order valence-electron chi connectivity index (χ4n) is 2.23. The molecule has 1 aromatic rings. The van der Waals surface area contributed by atoms with E-state index in [1.807, 2.05) is 4.72 Å². The molecule has 0 saturated carbocycles. The molecule has 1 aromatic carbocycles. The van der Waals surface area contributed by atoms with Gasteiger partial charge >= 0.3 is 22.4 Å². The number of para-hydroxylation sites is 1. The molecule has 0 bridgehead atoms. The maximum atomic E-state index is 12.6. The Labute approximate surface area is 118 Å². The minimum Gasteiger partial charge on any atom is -0.304 e. The van der Waals surface area contributed by atoms with Crippen LogP contribution in [0.3, 0.4) is 0 Å². The molecule has 0 aromatic heterocycles. The number of benzene rings is 1. The van der Waals surface area contributed by atoms with Gasteiger partial charge in [0.1, 0.15) is 0 Å². The van der Waals surface area contributed by atoms with Crippen molar-refractivity contribution in [2.24, 2.45) is 0 Å². The van der Waals surface area contributed by atoms with E-state index in [2.05, 4.69) is 0 Å². The summed E-state index contributed by atoms with van der Waals surface area (Å²) >= 11 is 0. The van der Waals surface area contributed by atoms with E-state index in [0.717, 1.165) is 0 Å². The Hall–Kier alpha value is -1.65. The number of carbonyl (C=O) groups excluding carboxylic acids is 1. The lowest BCUT2D eigenvalue weighted by Gasteiger charge is -2.34. The Balaban J connectivity index is 2.39. The SMILES string of the molecule is O=C(N1CCC(NS(=O)(=O)O)c2ccccc21)C(F)(F)F. The van der Waals surface area contributed by atoms with Gasteiger partial charge in [-0.25, -0.2) is 0 Å². The average molecular weight is 324 g/mol. The first-order valence-electron chi connectivity index (χ1n) is 5.82. The van der Waals surface area contributed by atoms with Gasteiger partial charge in [0, 0.05) is 12.2 Å². The van der Waals surface area contributed by atoms with Crippen LogP contribution in [0, 0.1) is 0 Å². The van der Waals surface area contributed by atoms with E-state index in [0.29, 0.717) is 4.90 Å². The highest BCUT2D eigenvalue weighted by Gasteiger charge is 2.45. The van der Waals surface area contributed by atoms with Crippen molar-refractivity contribution in [2.75, 3.05) is 11.4 Å². The van der Waals surface area contributed by atoms with Gasteiger partial charge in [0.2, 0.25) is 0 Å². The molecule has 21 heavy (non-hydrogen) atoms. The second kappa shape index (κ2) is 5.28. The van der Waals surface area contributed by atoms with Crippen molar-refractivity contribution in [3.05, 3.63) is 29.8 Å². The molecule has 1 aliphatic heterocycles. The predicted molar refractivity (Wildman–Crippen MR) is 66.9 cm³/mol. The van der Waals surface area contributed by atoms with E-state index in [1.54, 1.807) is 0 Å². The van der Waals surface area contributed by atoms with Crippen LogP contribution in [0.25, 0.3) is 0 Å². The summed E-state index contributed by atoms with van der Waals surface area (Å²) in [6.07, 6.45) is -5.10. The van der Waals surface area contributed by atoms with Crippen LogP contribution in [0.1, 0.15) is 18.0 Å². The van der Waals surface area contributed by atoms with Crippen molar-refractivity contribution in [2.45, 2.75) is 18.6 Å². The predicted octanol–water partition coefficient (Wildman–Crippen LogP) is 1.42. The van der Waals surface area contributed by atoms with Crippen LogP contribution >= 0.6 is 0 Å². The molecular formula is C11H11F3N2O4S. The van der Waals surface area contributed by atoms with Crippen molar-refractivity contribution >= 4 is 21.9 Å². The molecule has 1 amide bonds. The molecule has 2 N–H and O–H groups in total. The lowest BCUT2D eigenvalue weighted by molar-refractivity contribution is -0.170. The highest BCUT2D eigenvalue weighted by Crippen LogP contribution is 2.36. The number of hydrogen-bond acceptors (Lipinski definition) is 3. The number of hydrogen-bond donors (Lipinski definition) is 2. The normalized spacial score (nSPS) is 19.2. The third-order valence-electron chi connectivity index (χ3n) is 3.02. The smallest absolute Gasteiger partial charge is 0.304 e. The van der Waals surface area contributed by atoms with E-state index in [9.17, 15) is 26.4 Å². The maximum Gasteiger partial charge on any atom is 0.471 e. The number of fused-ring (bicyclic) bond motifs is 1. The highest BCUT2D eigenvalue weighted by atomic mass is 32.2. The number of rotatable bonds is 2. The number of nitrogens with one attached hydrogen (secondary N) is 1. The second-order valence-electron chi connectivity index (χ2n) is 4.45. The number of alkyl halides is 3. The van der Waals surface area contributed by atoms with Crippen LogP contribution in [0.5, 0.6) is 0 Å². The van der Waals surface area contributed by atoms with Gasteiger partial charge in [-0.2, -0.15) is 26.3 Å². The summed E-state index contributed by atoms with van der Waals surface area (Å²) < 4.78 is 70.1. The van der Waals surface area contributed by atoms with Crippen molar-refractivity contribution in [1.82, 2.24) is 4.72 Å². The molecule has 1 atom stereocenters. The van der Waals surface area contributed by atoms with E-state index in [4.69, 9.17) is 4.55 Å². The quantitative estimate of drug-likeness (QED) is 0.806. The first kappa shape index (κ1) is 15.7. The third kappa shape index (κ3) is 3.52. The number of anilines is 1. The van der Waals surface area contributed by atoms with Gasteiger partial charge in [0.25, 0.3) is 0 Å². The van der Waals surface area contributed by atoms with Gasteiger partial charge < -0.3 is 4.90 Å². The van der Waals surface area contributed by atoms with E-state index in [-0.39, 0.29) is 24.2 Å². The molecule has 0 fully saturated rings. The number of carbonyl (C=O) groups is 1. The Morgan fingerprint density at radius 2 is 1.95 bits per heavy atom. The van der Waals surface area contributed by atoms with Crippen LogP contribution in [0.2, 0.25) is 0 Å². The first-order valence-corrected chi connectivity index (χ1v) is 7.26. The summed E-state index contributed by atoms with van der Waals surface area (Å²) in [7, 11) is -4.51. The fraction of sp³-hybridized carbons (Fsp3) is 0.364. The molecule has 0 radical (unpaired) electrons. The van der Waals surface area contributed by atoms with E-state index >= 15 is 0 Å². The molecule has 116 valence electrons. The summed E-state index contributed by atoms with van der Waals surface area (Å²) in [6.45, 7) is -0.317. The maximum absolute atomic E-state index is 12.6. The van der Waals surface area contributed by atoms with Gasteiger partial charge in [-0.15, -0.1) is 0 Å². The average Bonchev–Trinajstić information content (AvgIpc) is 2.35. The van der Waals surface area contributed by atoms with E-state index < -0.39 is 28.4 Å². The van der Waals surface area contributed by atoms with Crippen LogP contribution in [-0.4, -0.2) is 31.6 Å². The minimum absolute atomic E-state index is 0.0350. The first-order chi connectivity index (χ1) is 9.59. The minimum atomic E-state index is -5.02. The lowest BCUT2D eigenvalue weighted by atomic mass is 9.97. The Kier molecular flexibility index (Phi) is 3.95. The van der Waals surface area contributed by atoms with Crippen molar-refractivity contribution in [1.29, 1.82) is 0 Å². The molecule has 0 saturated heterocycles. The monoisotopic (exact) mass is 324 g/mol. The lowest BCUT2D eigenvalue weighted by Crippen LogP contribution is -2.46. The Bertz CT molecular complexity index is 660. The van der Waals surface area contributed by atoms with Crippen LogP contribution in [-0.2, 0) is 15.1 Å². The number of nitrogens with zero attached hydrogens (tertiary/aromatic N) is 1. The molecule has 6 nitrogen and oxygen atoms in total. The molecule has 2 rings (SSSR count). The molecule has 1 aliphatic rings. The second-order valence-corrected chi connectivity index (χ2v) is 5.63. The van der Waals surface area contributed by atoms with Gasteiger partial charge in [0.15, 0.2) is 0 Å². The largest absolute Gasteiger partial charge is 0.471 e. The van der Waals surface area contributed by atoms with Gasteiger partial charge in [-0.05, 0) is 18.1 Å². The van der Waals surface area contributed by atoms with Gasteiger partial charge in [0.05, 0.1) is 6.04 Å². The number of amides is 1. The fourth-order valence-corrected chi connectivity index (χ4v) is 2.83. The van der Waals surface area contributed by atoms with Crippen molar-refractivity contribution < 1.29 is 30.9 Å². The summed E-state index contributed by atoms with van der Waals surface area (Å²) in [4.78, 5) is 11.9. The van der Waals surface area contributed by atoms with Crippen LogP contribution in [0.4, 0.5) is 18.9 Å². The molecule has 1 heterocycles. The third-order valence-corrected chi connectivity index (χ3v) is 3.61. The number of halogens is 3. The van der Waals surface area contributed by atoms with E-state index in [1.165, 1.54) is 24.3 Å². The Morgan fingerprint density at radius 3 is 2.52 bits per heavy atom. The summed E-state index contributed by atoms with van der Waals surface area (Å²) in [5.74, 6) is -2.01. The van der Waals surface area contributed by atoms with Crippen LogP contribution < -0.4 is 9.62 Å². The summed E-state index contributed by atoms with van der Waals surface area (Å²) in [6, 6.07) is 4.73. The molecule has 0 aliphatic carbocycles. The van der Waals surface area contributed by atoms with Crippen LogP contribution in [0.15, 0.2) is 24.3 Å². The topological polar surface area (TPSA) is 86.7 Å². The van der Waals surface area contributed by atoms with Crippen molar-refractivity contribution in [3.63, 3.8) is 0 Å². The van der Waals surface area contributed by atoms with Crippen molar-refractivity contribution in [3.8, 4) is 0 Å². The molecule has 1 unspecified atom stereocenters. The summed E-state index contributed by atoms with van der Waals surface area (Å²) in [5, 5.41) is 0. The van der Waals surface area contributed by atoms with Gasteiger partial charge in [-0.1, -0.05) is 18.2 Å². The highest BCUT2D eigenvalue weighted by molar-refractivity contribution is 7.83. The summed E-state index contributed by atoms with van der Waals surface area (Å²) in [5.41, 5.74) is 0.159.